The number of hydrogen-bond donors (Lipinski definition) is 0. The maximum absolute atomic E-state index is 13.5. The number of nitrogens with zero attached hydrogens (tertiary/aromatic N) is 3. The molecule has 4 rings (SSSR count). The first-order chi connectivity index (χ1) is 14.7. The molecule has 1 unspecified atom stereocenters. The smallest absolute Gasteiger partial charge is 0.253 e. The summed E-state index contributed by atoms with van der Waals surface area (Å²) in [4.78, 5) is 17.0. The summed E-state index contributed by atoms with van der Waals surface area (Å²) in [6.07, 6.45) is 0. The van der Waals surface area contributed by atoms with E-state index >= 15 is 0 Å². The summed E-state index contributed by atoms with van der Waals surface area (Å²) in [5.74, 6) is -0.301. The molecule has 30 heavy (non-hydrogen) atoms. The average molecular weight is 399 g/mol. The summed E-state index contributed by atoms with van der Waals surface area (Å²) in [5, 5.41) is 9.08. The van der Waals surface area contributed by atoms with Crippen LogP contribution in [0.3, 0.4) is 0 Å². The zero-order chi connectivity index (χ0) is 20.9. The number of benzene rings is 3. The lowest BCUT2D eigenvalue weighted by molar-refractivity contribution is 0.0597. The monoisotopic (exact) mass is 399 g/mol. The van der Waals surface area contributed by atoms with Gasteiger partial charge in [-0.1, -0.05) is 48.5 Å². The van der Waals surface area contributed by atoms with Crippen LogP contribution in [0.2, 0.25) is 0 Å². The van der Waals surface area contributed by atoms with Crippen LogP contribution in [0.5, 0.6) is 0 Å². The molecule has 1 saturated heterocycles. The van der Waals surface area contributed by atoms with Crippen LogP contribution >= 0.6 is 0 Å². The summed E-state index contributed by atoms with van der Waals surface area (Å²) >= 11 is 0. The number of piperazine rings is 1. The maximum Gasteiger partial charge on any atom is 0.253 e. The Morgan fingerprint density at radius 1 is 0.867 bits per heavy atom. The molecule has 4 nitrogen and oxygen atoms in total. The molecule has 0 N–H and O–H groups in total. The van der Waals surface area contributed by atoms with Crippen molar-refractivity contribution in [3.05, 3.63) is 107 Å². The van der Waals surface area contributed by atoms with Gasteiger partial charge in [-0.05, 0) is 41.5 Å². The van der Waals surface area contributed by atoms with Gasteiger partial charge in [-0.3, -0.25) is 9.69 Å². The first kappa shape index (κ1) is 19.8. The fraction of sp³-hybridized carbons (Fsp3) is 0.200. The number of rotatable bonds is 4. The minimum absolute atomic E-state index is 0.00553. The van der Waals surface area contributed by atoms with E-state index in [2.05, 4.69) is 23.1 Å². The third-order valence-corrected chi connectivity index (χ3v) is 5.51. The summed E-state index contributed by atoms with van der Waals surface area (Å²) in [6.45, 7) is 2.61. The van der Waals surface area contributed by atoms with Gasteiger partial charge in [0.2, 0.25) is 0 Å². The van der Waals surface area contributed by atoms with Crippen LogP contribution in [-0.4, -0.2) is 41.9 Å². The van der Waals surface area contributed by atoms with Gasteiger partial charge in [0.25, 0.3) is 5.91 Å². The second-order valence-corrected chi connectivity index (χ2v) is 7.39. The molecule has 3 aromatic rings. The van der Waals surface area contributed by atoms with Gasteiger partial charge in [0.05, 0.1) is 17.7 Å². The minimum atomic E-state index is -0.249. The molecule has 1 aliphatic heterocycles. The molecule has 0 aromatic heterocycles. The molecule has 3 aromatic carbocycles. The molecule has 150 valence electrons. The zero-order valence-electron chi connectivity index (χ0n) is 16.5. The van der Waals surface area contributed by atoms with E-state index < -0.39 is 0 Å². The van der Waals surface area contributed by atoms with Crippen molar-refractivity contribution in [3.8, 4) is 6.07 Å². The number of halogens is 1. The maximum atomic E-state index is 13.5. The van der Waals surface area contributed by atoms with Crippen molar-refractivity contribution < 1.29 is 9.18 Å². The number of amides is 1. The van der Waals surface area contributed by atoms with Gasteiger partial charge in [-0.25, -0.2) is 4.39 Å². The lowest BCUT2D eigenvalue weighted by atomic mass is 9.96. The molecular weight excluding hydrogens is 377 g/mol. The van der Waals surface area contributed by atoms with Crippen molar-refractivity contribution in [2.75, 3.05) is 26.2 Å². The summed E-state index contributed by atoms with van der Waals surface area (Å²) in [5.41, 5.74) is 3.20. The second kappa shape index (κ2) is 8.89. The zero-order valence-corrected chi connectivity index (χ0v) is 16.5. The summed E-state index contributed by atoms with van der Waals surface area (Å²) in [7, 11) is 0. The Kier molecular flexibility index (Phi) is 5.87. The van der Waals surface area contributed by atoms with E-state index in [4.69, 9.17) is 5.26 Å². The van der Waals surface area contributed by atoms with Gasteiger partial charge < -0.3 is 4.90 Å². The lowest BCUT2D eigenvalue weighted by Crippen LogP contribution is -2.49. The van der Waals surface area contributed by atoms with Crippen molar-refractivity contribution in [2.24, 2.45) is 0 Å². The number of carbonyl (C=O) groups excluding carboxylic acids is 1. The van der Waals surface area contributed by atoms with E-state index in [9.17, 15) is 9.18 Å². The predicted molar refractivity (Wildman–Crippen MR) is 113 cm³/mol. The van der Waals surface area contributed by atoms with E-state index in [0.29, 0.717) is 37.3 Å². The van der Waals surface area contributed by atoms with Gasteiger partial charge in [-0.2, -0.15) is 5.26 Å². The Balaban J connectivity index is 1.52. The van der Waals surface area contributed by atoms with E-state index in [0.717, 1.165) is 11.1 Å². The molecule has 0 spiro atoms. The van der Waals surface area contributed by atoms with E-state index in [1.54, 1.807) is 24.3 Å². The molecule has 0 bridgehead atoms. The summed E-state index contributed by atoms with van der Waals surface area (Å²) < 4.78 is 13.5. The molecule has 1 aliphatic rings. The number of hydrogen-bond acceptors (Lipinski definition) is 3. The highest BCUT2D eigenvalue weighted by Crippen LogP contribution is 2.30. The van der Waals surface area contributed by atoms with Crippen LogP contribution in [0.4, 0.5) is 4.39 Å². The van der Waals surface area contributed by atoms with E-state index in [1.165, 1.54) is 12.1 Å². The largest absolute Gasteiger partial charge is 0.336 e. The molecule has 5 heteroatoms. The molecule has 0 aliphatic carbocycles. The normalized spacial score (nSPS) is 15.4. The van der Waals surface area contributed by atoms with Crippen LogP contribution < -0.4 is 0 Å². The highest BCUT2D eigenvalue weighted by molar-refractivity contribution is 5.94. The summed E-state index contributed by atoms with van der Waals surface area (Å²) in [6, 6.07) is 25.7. The molecule has 1 amide bonds. The predicted octanol–water partition coefficient (Wildman–Crippen LogP) is 4.24. The van der Waals surface area contributed by atoms with Crippen LogP contribution in [0, 0.1) is 17.1 Å². The van der Waals surface area contributed by atoms with Crippen LogP contribution in [0.25, 0.3) is 0 Å². The van der Waals surface area contributed by atoms with Crippen molar-refractivity contribution in [1.82, 2.24) is 9.80 Å². The van der Waals surface area contributed by atoms with E-state index in [-0.39, 0.29) is 17.8 Å². The van der Waals surface area contributed by atoms with Crippen molar-refractivity contribution in [2.45, 2.75) is 6.04 Å². The van der Waals surface area contributed by atoms with Crippen molar-refractivity contribution in [3.63, 3.8) is 0 Å². The third kappa shape index (κ3) is 4.24. The van der Waals surface area contributed by atoms with Crippen LogP contribution in [0.1, 0.15) is 33.1 Å². The number of nitriles is 1. The topological polar surface area (TPSA) is 47.3 Å². The second-order valence-electron chi connectivity index (χ2n) is 7.39. The minimum Gasteiger partial charge on any atom is -0.336 e. The highest BCUT2D eigenvalue weighted by atomic mass is 19.1. The Morgan fingerprint density at radius 3 is 2.20 bits per heavy atom. The molecular formula is C25H22FN3O. The average Bonchev–Trinajstić information content (AvgIpc) is 2.81. The molecule has 0 saturated carbocycles. The first-order valence-corrected chi connectivity index (χ1v) is 9.99. The Hall–Kier alpha value is -3.49. The highest BCUT2D eigenvalue weighted by Gasteiger charge is 2.28. The standard InChI is InChI=1S/C25H22FN3O/c26-23-11-9-21(10-12-23)24(20-6-2-1-3-7-20)28-13-15-29(16-14-28)25(30)22-8-4-5-19(17-22)18-27/h1-12,17,24H,13-16H2. The Morgan fingerprint density at radius 2 is 1.53 bits per heavy atom. The van der Waals surface area contributed by atoms with Crippen LogP contribution in [0.15, 0.2) is 78.9 Å². The number of carbonyl (C=O) groups is 1. The van der Waals surface area contributed by atoms with Gasteiger partial charge in [-0.15, -0.1) is 0 Å². The van der Waals surface area contributed by atoms with Gasteiger partial charge in [0.1, 0.15) is 5.82 Å². The fourth-order valence-electron chi connectivity index (χ4n) is 3.98. The van der Waals surface area contributed by atoms with Gasteiger partial charge >= 0.3 is 0 Å². The van der Waals surface area contributed by atoms with E-state index in [1.807, 2.05) is 35.2 Å². The molecule has 1 atom stereocenters. The SMILES string of the molecule is N#Cc1cccc(C(=O)N2CCN(C(c3ccccc3)c3ccc(F)cc3)CC2)c1. The van der Waals surface area contributed by atoms with Crippen molar-refractivity contribution in [1.29, 1.82) is 5.26 Å². The fourth-order valence-corrected chi connectivity index (χ4v) is 3.98. The lowest BCUT2D eigenvalue weighted by Gasteiger charge is -2.39. The van der Waals surface area contributed by atoms with Crippen LogP contribution in [-0.2, 0) is 0 Å². The van der Waals surface area contributed by atoms with Crippen molar-refractivity contribution >= 4 is 5.91 Å². The molecule has 1 heterocycles. The quantitative estimate of drug-likeness (QED) is 0.659. The Labute approximate surface area is 175 Å². The third-order valence-electron chi connectivity index (χ3n) is 5.51. The molecule has 0 radical (unpaired) electrons. The van der Waals surface area contributed by atoms with Gasteiger partial charge in [0, 0.05) is 31.7 Å². The van der Waals surface area contributed by atoms with Gasteiger partial charge in [0.15, 0.2) is 0 Å². The Bertz CT molecular complexity index is 1050. The first-order valence-electron chi connectivity index (χ1n) is 9.99. The molecule has 1 fully saturated rings.